The monoisotopic (exact) mass is 231 g/mol. The number of aryl methyl sites for hydroxylation is 1. The van der Waals surface area contributed by atoms with Crippen LogP contribution in [0.5, 0.6) is 0 Å². The first-order valence-electron chi connectivity index (χ1n) is 5.01. The van der Waals surface area contributed by atoms with Crippen molar-refractivity contribution in [3.63, 3.8) is 0 Å². The number of rotatable bonds is 2. The number of hydrogen-bond donors (Lipinski definition) is 0. The molecule has 2 aromatic rings. The van der Waals surface area contributed by atoms with Gasteiger partial charge in [-0.25, -0.2) is 9.18 Å². The van der Waals surface area contributed by atoms with Crippen molar-refractivity contribution in [2.45, 2.75) is 6.54 Å². The molecule has 1 heterocycles. The molecular weight excluding hydrogens is 221 g/mol. The minimum Gasteiger partial charge on any atom is -0.302 e. The number of nitriles is 1. The lowest BCUT2D eigenvalue weighted by Crippen LogP contribution is -2.22. The smallest absolute Gasteiger partial charge is 0.302 e. The largest absolute Gasteiger partial charge is 0.328 e. The molecule has 0 radical (unpaired) electrons. The van der Waals surface area contributed by atoms with Gasteiger partial charge in [0.2, 0.25) is 0 Å². The van der Waals surface area contributed by atoms with E-state index in [9.17, 15) is 9.18 Å². The maximum atomic E-state index is 13.2. The topological polar surface area (TPSA) is 50.7 Å². The van der Waals surface area contributed by atoms with E-state index in [2.05, 4.69) is 0 Å². The van der Waals surface area contributed by atoms with E-state index in [0.717, 1.165) is 6.07 Å². The Morgan fingerprint density at radius 1 is 1.35 bits per heavy atom. The maximum Gasteiger partial charge on any atom is 0.328 e. The van der Waals surface area contributed by atoms with Crippen LogP contribution in [0.15, 0.2) is 35.4 Å². The Bertz CT molecular complexity index is 649. The Morgan fingerprint density at radius 2 is 2.12 bits per heavy atom. The van der Waals surface area contributed by atoms with Crippen molar-refractivity contribution < 1.29 is 4.39 Å². The molecule has 0 N–H and O–H groups in total. The highest BCUT2D eigenvalue weighted by atomic mass is 19.1. The van der Waals surface area contributed by atoms with Gasteiger partial charge in [-0.15, -0.1) is 0 Å². The second-order valence-electron chi connectivity index (χ2n) is 3.78. The first-order chi connectivity index (χ1) is 8.10. The summed E-state index contributed by atoms with van der Waals surface area (Å²) >= 11 is 0. The minimum absolute atomic E-state index is 0.173. The van der Waals surface area contributed by atoms with Gasteiger partial charge in [0.1, 0.15) is 5.82 Å². The first kappa shape index (κ1) is 11.1. The van der Waals surface area contributed by atoms with Gasteiger partial charge >= 0.3 is 5.69 Å². The molecule has 86 valence electrons. The van der Waals surface area contributed by atoms with E-state index in [1.807, 2.05) is 6.07 Å². The number of hydrogen-bond acceptors (Lipinski definition) is 2. The second-order valence-corrected chi connectivity index (χ2v) is 3.78. The van der Waals surface area contributed by atoms with E-state index in [0.29, 0.717) is 5.56 Å². The van der Waals surface area contributed by atoms with Gasteiger partial charge in [0.25, 0.3) is 0 Å². The number of nitrogens with zero attached hydrogens (tertiary/aromatic N) is 3. The molecule has 17 heavy (non-hydrogen) atoms. The zero-order valence-corrected chi connectivity index (χ0v) is 9.22. The maximum absolute atomic E-state index is 13.2. The predicted octanol–water partition coefficient (Wildman–Crippen LogP) is 1.25. The van der Waals surface area contributed by atoms with Crippen LogP contribution in [-0.2, 0) is 13.6 Å². The van der Waals surface area contributed by atoms with E-state index in [4.69, 9.17) is 5.26 Å². The van der Waals surface area contributed by atoms with Crippen LogP contribution in [0, 0.1) is 17.1 Å². The van der Waals surface area contributed by atoms with Crippen molar-refractivity contribution in [1.29, 1.82) is 5.26 Å². The predicted molar refractivity (Wildman–Crippen MR) is 59.9 cm³/mol. The third-order valence-corrected chi connectivity index (χ3v) is 2.46. The molecular formula is C12H10FN3O. The van der Waals surface area contributed by atoms with Crippen molar-refractivity contribution in [3.05, 3.63) is 58.0 Å². The van der Waals surface area contributed by atoms with Gasteiger partial charge in [-0.1, -0.05) is 0 Å². The lowest BCUT2D eigenvalue weighted by molar-refractivity contribution is 0.621. The minimum atomic E-state index is -0.469. The standard InChI is InChI=1S/C12H10FN3O/c1-15-2-3-16(12(15)17)8-10-4-9(7-14)5-11(13)6-10/h2-6H,8H2,1H3. The molecule has 4 nitrogen and oxygen atoms in total. The molecule has 0 amide bonds. The number of aromatic nitrogens is 2. The first-order valence-corrected chi connectivity index (χ1v) is 5.01. The van der Waals surface area contributed by atoms with Crippen molar-refractivity contribution in [2.24, 2.45) is 7.05 Å². The molecule has 1 aromatic carbocycles. The van der Waals surface area contributed by atoms with Gasteiger partial charge in [0.15, 0.2) is 0 Å². The van der Waals surface area contributed by atoms with Crippen LogP contribution in [0.1, 0.15) is 11.1 Å². The van der Waals surface area contributed by atoms with Crippen molar-refractivity contribution in [1.82, 2.24) is 9.13 Å². The lowest BCUT2D eigenvalue weighted by atomic mass is 10.1. The summed E-state index contributed by atoms with van der Waals surface area (Å²) < 4.78 is 16.1. The van der Waals surface area contributed by atoms with Crippen LogP contribution in [-0.4, -0.2) is 9.13 Å². The Labute approximate surface area is 97.2 Å². The Kier molecular flexibility index (Phi) is 2.79. The highest BCUT2D eigenvalue weighted by Gasteiger charge is 2.04. The van der Waals surface area contributed by atoms with E-state index in [1.54, 1.807) is 25.5 Å². The average Bonchev–Trinajstić information content (AvgIpc) is 2.60. The Balaban J connectivity index is 2.37. The number of benzene rings is 1. The van der Waals surface area contributed by atoms with E-state index >= 15 is 0 Å². The van der Waals surface area contributed by atoms with Crippen LogP contribution in [0.3, 0.4) is 0 Å². The zero-order valence-electron chi connectivity index (χ0n) is 9.22. The lowest BCUT2D eigenvalue weighted by Gasteiger charge is -2.02. The molecule has 0 atom stereocenters. The third-order valence-electron chi connectivity index (χ3n) is 2.46. The van der Waals surface area contributed by atoms with Gasteiger partial charge in [-0.05, 0) is 23.8 Å². The zero-order chi connectivity index (χ0) is 12.4. The molecule has 1 aromatic heterocycles. The highest BCUT2D eigenvalue weighted by molar-refractivity contribution is 5.33. The Hall–Kier alpha value is -2.35. The molecule has 0 fully saturated rings. The number of imidazole rings is 1. The third kappa shape index (κ3) is 2.26. The van der Waals surface area contributed by atoms with Crippen LogP contribution in [0.2, 0.25) is 0 Å². The molecule has 0 unspecified atom stereocenters. The summed E-state index contributed by atoms with van der Waals surface area (Å²) in [6.45, 7) is 0.256. The fraction of sp³-hybridized carbons (Fsp3) is 0.167. The fourth-order valence-corrected chi connectivity index (χ4v) is 1.63. The molecule has 0 spiro atoms. The highest BCUT2D eigenvalue weighted by Crippen LogP contribution is 2.09. The van der Waals surface area contributed by atoms with E-state index in [-0.39, 0.29) is 17.8 Å². The molecule has 0 saturated heterocycles. The van der Waals surface area contributed by atoms with Crippen LogP contribution < -0.4 is 5.69 Å². The summed E-state index contributed by atoms with van der Waals surface area (Å²) in [6, 6.07) is 5.94. The van der Waals surface area contributed by atoms with Gasteiger partial charge in [0.05, 0.1) is 18.2 Å². The molecule has 0 aliphatic rings. The quantitative estimate of drug-likeness (QED) is 0.781. The van der Waals surface area contributed by atoms with Crippen molar-refractivity contribution in [3.8, 4) is 6.07 Å². The molecule has 2 rings (SSSR count). The molecule has 0 aliphatic carbocycles. The van der Waals surface area contributed by atoms with E-state index < -0.39 is 5.82 Å². The molecule has 0 saturated carbocycles. The molecule has 0 aliphatic heterocycles. The van der Waals surface area contributed by atoms with Gasteiger partial charge < -0.3 is 4.57 Å². The van der Waals surface area contributed by atoms with Crippen LogP contribution in [0.4, 0.5) is 4.39 Å². The van der Waals surface area contributed by atoms with E-state index in [1.165, 1.54) is 15.2 Å². The molecule has 5 heteroatoms. The summed E-state index contributed by atoms with van der Waals surface area (Å²) in [7, 11) is 1.64. The second kappa shape index (κ2) is 4.26. The van der Waals surface area contributed by atoms with Crippen molar-refractivity contribution >= 4 is 0 Å². The fourth-order valence-electron chi connectivity index (χ4n) is 1.63. The summed E-state index contributed by atoms with van der Waals surface area (Å²) in [5.74, 6) is -0.469. The van der Waals surface area contributed by atoms with Gasteiger partial charge in [0, 0.05) is 19.4 Å². The van der Waals surface area contributed by atoms with Crippen LogP contribution >= 0.6 is 0 Å². The summed E-state index contributed by atoms with van der Waals surface area (Å²) in [5.41, 5.74) is 0.673. The molecule has 0 bridgehead atoms. The summed E-state index contributed by atoms with van der Waals surface area (Å²) in [4.78, 5) is 11.6. The van der Waals surface area contributed by atoms with Crippen molar-refractivity contribution in [2.75, 3.05) is 0 Å². The average molecular weight is 231 g/mol. The van der Waals surface area contributed by atoms with Crippen LogP contribution in [0.25, 0.3) is 0 Å². The summed E-state index contributed by atoms with van der Waals surface area (Å²) in [6.07, 6.45) is 3.26. The summed E-state index contributed by atoms with van der Waals surface area (Å²) in [5, 5.41) is 8.72. The SMILES string of the molecule is Cn1ccn(Cc2cc(F)cc(C#N)c2)c1=O. The van der Waals surface area contributed by atoms with Gasteiger partial charge in [-0.3, -0.25) is 4.57 Å². The van der Waals surface area contributed by atoms with Gasteiger partial charge in [-0.2, -0.15) is 5.26 Å². The Morgan fingerprint density at radius 3 is 2.71 bits per heavy atom. The number of halogens is 1. The normalized spacial score (nSPS) is 10.2.